The molecule has 0 unspecified atom stereocenters. The number of nitrogens with one attached hydrogen (secondary N) is 1. The molecule has 1 N–H and O–H groups in total. The molecule has 0 bridgehead atoms. The van der Waals surface area contributed by atoms with Gasteiger partial charge in [-0.3, -0.25) is 4.99 Å². The molecule has 1 aromatic carbocycles. The summed E-state index contributed by atoms with van der Waals surface area (Å²) in [4.78, 5) is 6.78. The second-order valence-corrected chi connectivity index (χ2v) is 5.82. The molecule has 116 valence electrons. The van der Waals surface area contributed by atoms with Gasteiger partial charge in [-0.15, -0.1) is 0 Å². The van der Waals surface area contributed by atoms with Crippen molar-refractivity contribution in [2.24, 2.45) is 10.9 Å². The summed E-state index contributed by atoms with van der Waals surface area (Å²) in [7, 11) is 3.59. The highest BCUT2D eigenvalue weighted by molar-refractivity contribution is 5.79. The van der Waals surface area contributed by atoms with Gasteiger partial charge in [0, 0.05) is 33.8 Å². The average Bonchev–Trinajstić information content (AvgIpc) is 2.50. The third-order valence-corrected chi connectivity index (χ3v) is 4.05. The van der Waals surface area contributed by atoms with Gasteiger partial charge in [0.05, 0.1) is 6.61 Å². The summed E-state index contributed by atoms with van der Waals surface area (Å²) >= 11 is 0. The van der Waals surface area contributed by atoms with Crippen molar-refractivity contribution in [1.82, 2.24) is 10.2 Å². The molecule has 1 aromatic rings. The molecule has 2 rings (SSSR count). The van der Waals surface area contributed by atoms with Crippen LogP contribution in [0.1, 0.15) is 30.9 Å². The fourth-order valence-corrected chi connectivity index (χ4v) is 2.73. The number of likely N-dealkylation sites (tertiary alicyclic amines) is 1. The van der Waals surface area contributed by atoms with E-state index in [0.717, 1.165) is 31.5 Å². The van der Waals surface area contributed by atoms with Crippen LogP contribution in [0, 0.1) is 5.92 Å². The Balaban J connectivity index is 1.89. The number of nitrogens with zero attached hydrogens (tertiary/aromatic N) is 2. The summed E-state index contributed by atoms with van der Waals surface area (Å²) in [5.74, 6) is 1.85. The van der Waals surface area contributed by atoms with Crippen LogP contribution in [-0.2, 0) is 17.9 Å². The van der Waals surface area contributed by atoms with Crippen molar-refractivity contribution in [2.75, 3.05) is 27.2 Å². The lowest BCUT2D eigenvalue weighted by molar-refractivity contribution is 0.185. The average molecular weight is 289 g/mol. The van der Waals surface area contributed by atoms with Crippen molar-refractivity contribution in [3.05, 3.63) is 35.4 Å². The lowest BCUT2D eigenvalue weighted by atomic mass is 9.99. The topological polar surface area (TPSA) is 36.9 Å². The maximum Gasteiger partial charge on any atom is 0.193 e. The van der Waals surface area contributed by atoms with Gasteiger partial charge in [-0.1, -0.05) is 31.2 Å². The maximum atomic E-state index is 5.18. The van der Waals surface area contributed by atoms with E-state index < -0.39 is 0 Å². The Bertz CT molecular complexity index is 465. The van der Waals surface area contributed by atoms with E-state index in [1.165, 1.54) is 24.0 Å². The molecule has 1 fully saturated rings. The first kappa shape index (κ1) is 15.8. The van der Waals surface area contributed by atoms with E-state index in [1.54, 1.807) is 7.11 Å². The van der Waals surface area contributed by atoms with Crippen LogP contribution in [0.5, 0.6) is 0 Å². The van der Waals surface area contributed by atoms with E-state index in [4.69, 9.17) is 4.74 Å². The third kappa shape index (κ3) is 4.74. The van der Waals surface area contributed by atoms with Crippen LogP contribution in [0.2, 0.25) is 0 Å². The van der Waals surface area contributed by atoms with Crippen molar-refractivity contribution in [2.45, 2.75) is 32.9 Å². The van der Waals surface area contributed by atoms with E-state index in [2.05, 4.69) is 46.4 Å². The first-order chi connectivity index (χ1) is 10.2. The molecule has 4 heteroatoms. The molecule has 0 saturated carbocycles. The Kier molecular flexibility index (Phi) is 6.05. The number of hydrogen-bond acceptors (Lipinski definition) is 2. The third-order valence-electron chi connectivity index (χ3n) is 4.05. The first-order valence-corrected chi connectivity index (χ1v) is 7.75. The predicted molar refractivity (Wildman–Crippen MR) is 87.3 cm³/mol. The highest BCUT2D eigenvalue weighted by atomic mass is 16.5. The van der Waals surface area contributed by atoms with Crippen LogP contribution < -0.4 is 5.32 Å². The summed E-state index contributed by atoms with van der Waals surface area (Å²) in [5, 5.41) is 3.47. The lowest BCUT2D eigenvalue weighted by Crippen LogP contribution is -2.45. The number of benzene rings is 1. The van der Waals surface area contributed by atoms with E-state index in [0.29, 0.717) is 6.61 Å². The minimum absolute atomic E-state index is 0.659. The highest BCUT2D eigenvalue weighted by Gasteiger charge is 2.18. The number of piperidine rings is 1. The van der Waals surface area contributed by atoms with Crippen LogP contribution in [0.25, 0.3) is 0 Å². The lowest BCUT2D eigenvalue weighted by Gasteiger charge is -2.33. The monoisotopic (exact) mass is 289 g/mol. The zero-order chi connectivity index (χ0) is 15.1. The van der Waals surface area contributed by atoms with Crippen LogP contribution in [0.3, 0.4) is 0 Å². The SMILES string of the molecule is CN=C(NCc1cccc(COC)c1)N1CCC(C)CC1. The molecule has 1 saturated heterocycles. The van der Waals surface area contributed by atoms with E-state index in [1.807, 2.05) is 7.05 Å². The second-order valence-electron chi connectivity index (χ2n) is 5.82. The van der Waals surface area contributed by atoms with Crippen molar-refractivity contribution < 1.29 is 4.74 Å². The fraction of sp³-hybridized carbons (Fsp3) is 0.588. The Labute approximate surface area is 128 Å². The van der Waals surface area contributed by atoms with E-state index in [9.17, 15) is 0 Å². The molecule has 1 heterocycles. The van der Waals surface area contributed by atoms with Gasteiger partial charge in [0.2, 0.25) is 0 Å². The van der Waals surface area contributed by atoms with Crippen LogP contribution in [0.4, 0.5) is 0 Å². The second kappa shape index (κ2) is 8.03. The quantitative estimate of drug-likeness (QED) is 0.684. The molecule has 1 aliphatic rings. The number of ether oxygens (including phenoxy) is 1. The zero-order valence-electron chi connectivity index (χ0n) is 13.4. The van der Waals surface area contributed by atoms with Gasteiger partial charge in [0.15, 0.2) is 5.96 Å². The minimum Gasteiger partial charge on any atom is -0.380 e. The molecular formula is C17H27N3O. The fourth-order valence-electron chi connectivity index (χ4n) is 2.73. The Morgan fingerprint density at radius 2 is 2.05 bits per heavy atom. The van der Waals surface area contributed by atoms with Crippen LogP contribution in [-0.4, -0.2) is 38.1 Å². The molecule has 4 nitrogen and oxygen atoms in total. The molecule has 0 amide bonds. The Hall–Kier alpha value is -1.55. The number of rotatable bonds is 4. The van der Waals surface area contributed by atoms with Gasteiger partial charge in [0.25, 0.3) is 0 Å². The molecular weight excluding hydrogens is 262 g/mol. The minimum atomic E-state index is 0.659. The smallest absolute Gasteiger partial charge is 0.193 e. The van der Waals surface area contributed by atoms with Crippen molar-refractivity contribution in [1.29, 1.82) is 0 Å². The normalized spacial score (nSPS) is 17.1. The van der Waals surface area contributed by atoms with Gasteiger partial charge in [-0.05, 0) is 29.9 Å². The molecule has 0 spiro atoms. The summed E-state index contributed by atoms with van der Waals surface area (Å²) < 4.78 is 5.18. The number of aliphatic imine (C=N–C) groups is 1. The van der Waals surface area contributed by atoms with Crippen molar-refractivity contribution >= 4 is 5.96 Å². The molecule has 0 atom stereocenters. The Morgan fingerprint density at radius 1 is 1.33 bits per heavy atom. The summed E-state index contributed by atoms with van der Waals surface area (Å²) in [5.41, 5.74) is 2.47. The summed E-state index contributed by atoms with van der Waals surface area (Å²) in [6.45, 7) is 5.99. The van der Waals surface area contributed by atoms with Crippen molar-refractivity contribution in [3.63, 3.8) is 0 Å². The number of methoxy groups -OCH3 is 1. The van der Waals surface area contributed by atoms with Gasteiger partial charge < -0.3 is 15.0 Å². The number of hydrogen-bond donors (Lipinski definition) is 1. The largest absolute Gasteiger partial charge is 0.380 e. The molecule has 0 aliphatic carbocycles. The van der Waals surface area contributed by atoms with Crippen LogP contribution in [0.15, 0.2) is 29.3 Å². The van der Waals surface area contributed by atoms with E-state index in [-0.39, 0.29) is 0 Å². The number of guanidine groups is 1. The van der Waals surface area contributed by atoms with Gasteiger partial charge >= 0.3 is 0 Å². The van der Waals surface area contributed by atoms with Gasteiger partial charge in [-0.25, -0.2) is 0 Å². The standard InChI is InChI=1S/C17H27N3O/c1-14-7-9-20(10-8-14)17(18-2)19-12-15-5-4-6-16(11-15)13-21-3/h4-6,11,14H,7-10,12-13H2,1-3H3,(H,18,19). The first-order valence-electron chi connectivity index (χ1n) is 7.75. The van der Waals surface area contributed by atoms with Crippen molar-refractivity contribution in [3.8, 4) is 0 Å². The van der Waals surface area contributed by atoms with E-state index >= 15 is 0 Å². The summed E-state index contributed by atoms with van der Waals surface area (Å²) in [6.07, 6.45) is 2.51. The molecule has 1 aliphatic heterocycles. The van der Waals surface area contributed by atoms with Gasteiger partial charge in [0.1, 0.15) is 0 Å². The zero-order valence-corrected chi connectivity index (χ0v) is 13.4. The maximum absolute atomic E-state index is 5.18. The Morgan fingerprint density at radius 3 is 2.71 bits per heavy atom. The van der Waals surface area contributed by atoms with Crippen LogP contribution >= 0.6 is 0 Å². The predicted octanol–water partition coefficient (Wildman–Crippen LogP) is 2.64. The molecule has 21 heavy (non-hydrogen) atoms. The van der Waals surface area contributed by atoms with Gasteiger partial charge in [-0.2, -0.15) is 0 Å². The summed E-state index contributed by atoms with van der Waals surface area (Å²) in [6, 6.07) is 8.49. The highest BCUT2D eigenvalue weighted by Crippen LogP contribution is 2.16. The molecule has 0 aromatic heterocycles. The molecule has 0 radical (unpaired) electrons.